The van der Waals surface area contributed by atoms with Crippen molar-refractivity contribution in [3.05, 3.63) is 107 Å². The van der Waals surface area contributed by atoms with Gasteiger partial charge in [0.1, 0.15) is 0 Å². The molecule has 4 aromatic rings. The van der Waals surface area contributed by atoms with Crippen LogP contribution in [0.3, 0.4) is 0 Å². The summed E-state index contributed by atoms with van der Waals surface area (Å²) in [6.45, 7) is 25.2. The third kappa shape index (κ3) is 7.60. The van der Waals surface area contributed by atoms with E-state index in [1.807, 2.05) is 17.8 Å². The molecule has 3 heterocycles. The van der Waals surface area contributed by atoms with Gasteiger partial charge in [-0.15, -0.1) is 0 Å². The molecule has 0 unspecified atom stereocenters. The van der Waals surface area contributed by atoms with Gasteiger partial charge in [0.25, 0.3) is 0 Å². The Balaban J connectivity index is 0.000000148. The van der Waals surface area contributed by atoms with E-state index in [0.29, 0.717) is 0 Å². The van der Waals surface area contributed by atoms with Gasteiger partial charge in [0.15, 0.2) is 0 Å². The fraction of sp³-hybridized carbons (Fsp3) is 0.410. The number of hydrogen-bond acceptors (Lipinski definition) is 3. The summed E-state index contributed by atoms with van der Waals surface area (Å²) in [5.41, 5.74) is 12.1. The van der Waals surface area contributed by atoms with Crippen molar-refractivity contribution in [2.45, 2.75) is 91.4 Å². The van der Waals surface area contributed by atoms with Crippen LogP contribution in [0.25, 0.3) is 17.0 Å². The summed E-state index contributed by atoms with van der Waals surface area (Å²) in [6, 6.07) is 21.4. The van der Waals surface area contributed by atoms with Crippen molar-refractivity contribution in [2.24, 2.45) is 7.05 Å². The lowest BCUT2D eigenvalue weighted by molar-refractivity contribution is 0.558. The van der Waals surface area contributed by atoms with Crippen molar-refractivity contribution >= 4 is 28.4 Å². The third-order valence-corrected chi connectivity index (χ3v) is 8.03. The van der Waals surface area contributed by atoms with Crippen LogP contribution in [0.1, 0.15) is 96.7 Å². The summed E-state index contributed by atoms with van der Waals surface area (Å²) in [5, 5.41) is 12.7. The highest BCUT2D eigenvalue weighted by Crippen LogP contribution is 2.36. The number of nitrogens with zero attached hydrogens (tertiary/aromatic N) is 2. The maximum Gasteiger partial charge on any atom is 0.0756 e. The van der Waals surface area contributed by atoms with Crippen LogP contribution in [0.15, 0.2) is 79.0 Å². The van der Waals surface area contributed by atoms with Gasteiger partial charge in [0.2, 0.25) is 0 Å². The third-order valence-electron chi connectivity index (χ3n) is 8.03. The van der Waals surface area contributed by atoms with E-state index in [1.54, 1.807) is 0 Å². The van der Waals surface area contributed by atoms with Gasteiger partial charge < -0.3 is 10.6 Å². The van der Waals surface area contributed by atoms with Crippen LogP contribution in [0.2, 0.25) is 0 Å². The first-order valence-corrected chi connectivity index (χ1v) is 15.6. The summed E-state index contributed by atoms with van der Waals surface area (Å²) in [7, 11) is 2.00. The predicted octanol–water partition coefficient (Wildman–Crippen LogP) is 10.1. The summed E-state index contributed by atoms with van der Waals surface area (Å²) < 4.78 is 1.95. The number of benzene rings is 3. The molecule has 0 saturated carbocycles. The first-order valence-electron chi connectivity index (χ1n) is 15.6. The molecule has 0 aliphatic carbocycles. The van der Waals surface area contributed by atoms with Crippen molar-refractivity contribution in [1.82, 2.24) is 9.78 Å². The molecule has 0 fully saturated rings. The number of fused-ring (bicyclic) bond motifs is 3. The molecule has 4 heteroatoms. The average Bonchev–Trinajstić information content (AvgIpc) is 3.29. The predicted molar refractivity (Wildman–Crippen MR) is 188 cm³/mol. The maximum absolute atomic E-state index is 4.58. The topological polar surface area (TPSA) is 41.9 Å². The van der Waals surface area contributed by atoms with E-state index in [9.17, 15) is 0 Å². The number of aromatic nitrogens is 2. The van der Waals surface area contributed by atoms with Gasteiger partial charge in [-0.25, -0.2) is 0 Å². The summed E-state index contributed by atoms with van der Waals surface area (Å²) >= 11 is 0. The molecule has 0 atom stereocenters. The van der Waals surface area contributed by atoms with Gasteiger partial charge in [-0.1, -0.05) is 123 Å². The molecule has 2 aliphatic heterocycles. The van der Waals surface area contributed by atoms with Gasteiger partial charge in [-0.05, 0) is 64.1 Å². The Bertz CT molecular complexity index is 1610. The quantitative estimate of drug-likeness (QED) is 0.219. The van der Waals surface area contributed by atoms with Gasteiger partial charge in [-0.2, -0.15) is 5.10 Å². The van der Waals surface area contributed by atoms with E-state index in [1.165, 1.54) is 63.1 Å². The van der Waals surface area contributed by atoms with Gasteiger partial charge in [0.05, 0.1) is 11.2 Å². The van der Waals surface area contributed by atoms with Gasteiger partial charge in [-0.3, -0.25) is 4.68 Å². The second-order valence-corrected chi connectivity index (χ2v) is 14.9. The molecule has 0 amide bonds. The molecule has 43 heavy (non-hydrogen) atoms. The first kappa shape index (κ1) is 32.1. The van der Waals surface area contributed by atoms with Crippen molar-refractivity contribution in [2.75, 3.05) is 17.2 Å². The van der Waals surface area contributed by atoms with E-state index < -0.39 is 0 Å². The number of rotatable bonds is 0. The molecule has 4 nitrogen and oxygen atoms in total. The summed E-state index contributed by atoms with van der Waals surface area (Å²) in [6.07, 6.45) is 6.62. The zero-order valence-corrected chi connectivity index (χ0v) is 28.2. The zero-order valence-electron chi connectivity index (χ0n) is 28.2. The molecule has 0 saturated heterocycles. The van der Waals surface area contributed by atoms with Crippen molar-refractivity contribution in [3.8, 4) is 0 Å². The van der Waals surface area contributed by atoms with Crippen LogP contribution in [0.5, 0.6) is 0 Å². The first-order chi connectivity index (χ1) is 20.1. The molecule has 0 spiro atoms. The molecule has 2 N–H and O–H groups in total. The SMILES string of the molecule is C=C1C=Cc2cccc(C(C)(C)C)c2N1.CC(C)(C)c1cccc2c1CCCN2.Cn1nc(C(C)(C)C)c2ccccc21. The molecule has 0 bridgehead atoms. The molecule has 0 radical (unpaired) electrons. The van der Waals surface area contributed by atoms with Crippen LogP contribution in [-0.4, -0.2) is 16.3 Å². The van der Waals surface area contributed by atoms with Crippen LogP contribution in [0, 0.1) is 0 Å². The van der Waals surface area contributed by atoms with E-state index in [0.717, 1.165) is 12.2 Å². The van der Waals surface area contributed by atoms with Crippen LogP contribution >= 0.6 is 0 Å². The molecular formula is C39H52N4. The van der Waals surface area contributed by atoms with Crippen molar-refractivity contribution in [1.29, 1.82) is 0 Å². The maximum atomic E-state index is 4.58. The number of nitrogens with one attached hydrogen (secondary N) is 2. The Hall–Kier alpha value is -3.79. The normalized spacial score (nSPS) is 14.3. The Kier molecular flexibility index (Phi) is 9.30. The Labute approximate surface area is 260 Å². The number of allylic oxidation sites excluding steroid dienone is 1. The molecular weight excluding hydrogens is 524 g/mol. The van der Waals surface area contributed by atoms with Crippen LogP contribution in [-0.2, 0) is 29.7 Å². The highest BCUT2D eigenvalue weighted by atomic mass is 15.3. The smallest absolute Gasteiger partial charge is 0.0756 e. The Morgan fingerprint density at radius 3 is 2.07 bits per heavy atom. The lowest BCUT2D eigenvalue weighted by atomic mass is 9.81. The zero-order chi connectivity index (χ0) is 31.6. The highest BCUT2D eigenvalue weighted by Gasteiger charge is 2.23. The number of anilines is 2. The van der Waals surface area contributed by atoms with Gasteiger partial charge >= 0.3 is 0 Å². The second kappa shape index (κ2) is 12.4. The molecule has 228 valence electrons. The largest absolute Gasteiger partial charge is 0.385 e. The monoisotopic (exact) mass is 576 g/mol. The van der Waals surface area contributed by atoms with E-state index >= 15 is 0 Å². The lowest BCUT2D eigenvalue weighted by Gasteiger charge is -2.28. The molecule has 3 aromatic carbocycles. The molecule has 6 rings (SSSR count). The minimum atomic E-state index is 0.112. The summed E-state index contributed by atoms with van der Waals surface area (Å²) in [5.74, 6) is 0. The second-order valence-electron chi connectivity index (χ2n) is 14.9. The Morgan fingerprint density at radius 2 is 1.40 bits per heavy atom. The van der Waals surface area contributed by atoms with Crippen molar-refractivity contribution in [3.63, 3.8) is 0 Å². The van der Waals surface area contributed by atoms with E-state index in [4.69, 9.17) is 0 Å². The van der Waals surface area contributed by atoms with Gasteiger partial charge in [0, 0.05) is 41.5 Å². The molecule has 1 aromatic heterocycles. The number of para-hydroxylation sites is 2. The highest BCUT2D eigenvalue weighted by molar-refractivity contribution is 5.82. The lowest BCUT2D eigenvalue weighted by Crippen LogP contribution is -2.19. The fourth-order valence-corrected chi connectivity index (χ4v) is 5.85. The molecule has 2 aliphatic rings. The van der Waals surface area contributed by atoms with E-state index in [2.05, 4.69) is 151 Å². The number of aryl methyl sites for hydroxylation is 1. The fourth-order valence-electron chi connectivity index (χ4n) is 5.85. The van der Waals surface area contributed by atoms with Crippen LogP contribution in [0.4, 0.5) is 11.4 Å². The standard InChI is InChI=1S/C14H17N.C13H19N.C12H16N2/c1-10-8-9-11-6-5-7-12(13(11)15-10)14(2,3)4;1-13(2,3)11-7-4-8-12-10(11)6-5-9-14-12;1-12(2,3)11-9-7-5-6-8-10(9)14(4)13-11/h5-9,15H,1H2,2-4H3;4,7-8,14H,5-6,9H2,1-3H3;5-8H,1-4H3. The minimum absolute atomic E-state index is 0.112. The Morgan fingerprint density at radius 1 is 0.744 bits per heavy atom. The van der Waals surface area contributed by atoms with Crippen LogP contribution < -0.4 is 10.6 Å². The minimum Gasteiger partial charge on any atom is -0.385 e. The number of hydrogen-bond donors (Lipinski definition) is 2. The summed E-state index contributed by atoms with van der Waals surface area (Å²) in [4.78, 5) is 0. The average molecular weight is 577 g/mol. The van der Waals surface area contributed by atoms with E-state index in [-0.39, 0.29) is 16.2 Å². The van der Waals surface area contributed by atoms with Crippen molar-refractivity contribution < 1.29 is 0 Å².